The van der Waals surface area contributed by atoms with Crippen molar-refractivity contribution >= 4 is 17.3 Å². The number of hydrogen-bond donors (Lipinski definition) is 3. The first kappa shape index (κ1) is 15.6. The summed E-state index contributed by atoms with van der Waals surface area (Å²) in [6.07, 6.45) is 4.54. The number of nitrogens with one attached hydrogen (secondary N) is 1. The zero-order chi connectivity index (χ0) is 15.6. The number of hydrogen-bond acceptors (Lipinski definition) is 4. The molecule has 0 unspecified atom stereocenters. The SMILES string of the molecule is CN(C)C1(CNc2cc(F)c(C(=O)O)cc2N)CCCC1. The van der Waals surface area contributed by atoms with Crippen molar-refractivity contribution in [3.8, 4) is 0 Å². The van der Waals surface area contributed by atoms with Gasteiger partial charge in [0, 0.05) is 12.1 Å². The predicted molar refractivity (Wildman–Crippen MR) is 81.1 cm³/mol. The van der Waals surface area contributed by atoms with Crippen molar-refractivity contribution in [1.29, 1.82) is 0 Å². The molecule has 116 valence electrons. The molecule has 0 aliphatic heterocycles. The number of anilines is 2. The Morgan fingerprint density at radius 1 is 1.43 bits per heavy atom. The van der Waals surface area contributed by atoms with Crippen LogP contribution in [0.15, 0.2) is 12.1 Å². The molecule has 0 radical (unpaired) electrons. The summed E-state index contributed by atoms with van der Waals surface area (Å²) in [6, 6.07) is 2.33. The third kappa shape index (κ3) is 3.10. The van der Waals surface area contributed by atoms with Crippen LogP contribution in [0, 0.1) is 5.82 Å². The fourth-order valence-corrected chi connectivity index (χ4v) is 2.98. The number of nitrogens with zero attached hydrogens (tertiary/aromatic N) is 1. The summed E-state index contributed by atoms with van der Waals surface area (Å²) in [5.74, 6) is -2.09. The summed E-state index contributed by atoms with van der Waals surface area (Å²) in [7, 11) is 4.09. The van der Waals surface area contributed by atoms with Crippen LogP contribution in [0.5, 0.6) is 0 Å². The Morgan fingerprint density at radius 2 is 2.05 bits per heavy atom. The van der Waals surface area contributed by atoms with Gasteiger partial charge in [-0.3, -0.25) is 0 Å². The minimum atomic E-state index is -1.31. The van der Waals surface area contributed by atoms with Gasteiger partial charge in [-0.05, 0) is 39.1 Å². The van der Waals surface area contributed by atoms with E-state index in [0.717, 1.165) is 25.0 Å². The number of nitrogens with two attached hydrogens (primary N) is 1. The van der Waals surface area contributed by atoms with Gasteiger partial charge in [0.05, 0.1) is 16.9 Å². The molecule has 1 aliphatic rings. The smallest absolute Gasteiger partial charge is 0.338 e. The first-order valence-corrected chi connectivity index (χ1v) is 7.09. The standard InChI is InChI=1S/C15H22FN3O2/c1-19(2)15(5-3-4-6-15)9-18-13-8-11(16)10(14(20)21)7-12(13)17/h7-8,18H,3-6,9,17H2,1-2H3,(H,20,21). The maximum atomic E-state index is 13.7. The zero-order valence-corrected chi connectivity index (χ0v) is 12.4. The van der Waals surface area contributed by atoms with E-state index in [2.05, 4.69) is 10.2 Å². The van der Waals surface area contributed by atoms with Crippen LogP contribution in [0.4, 0.5) is 15.8 Å². The number of carbonyl (C=O) groups is 1. The zero-order valence-electron chi connectivity index (χ0n) is 12.4. The van der Waals surface area contributed by atoms with E-state index in [-0.39, 0.29) is 11.2 Å². The van der Waals surface area contributed by atoms with E-state index in [1.54, 1.807) is 0 Å². The van der Waals surface area contributed by atoms with Gasteiger partial charge in [0.15, 0.2) is 0 Å². The van der Waals surface area contributed by atoms with E-state index in [1.807, 2.05) is 14.1 Å². The molecule has 0 atom stereocenters. The highest BCUT2D eigenvalue weighted by molar-refractivity contribution is 5.90. The number of benzene rings is 1. The van der Waals surface area contributed by atoms with Gasteiger partial charge >= 0.3 is 5.97 Å². The van der Waals surface area contributed by atoms with E-state index in [4.69, 9.17) is 10.8 Å². The molecule has 2 rings (SSSR count). The first-order valence-electron chi connectivity index (χ1n) is 7.09. The second-order valence-corrected chi connectivity index (χ2v) is 5.90. The van der Waals surface area contributed by atoms with E-state index in [0.29, 0.717) is 12.2 Å². The van der Waals surface area contributed by atoms with Crippen molar-refractivity contribution in [2.45, 2.75) is 31.2 Å². The van der Waals surface area contributed by atoms with Gasteiger partial charge in [-0.15, -0.1) is 0 Å². The summed E-state index contributed by atoms with van der Waals surface area (Å²) in [4.78, 5) is 13.1. The molecule has 0 heterocycles. The highest BCUT2D eigenvalue weighted by Crippen LogP contribution is 2.34. The Bertz CT molecular complexity index is 540. The molecular formula is C15H22FN3O2. The highest BCUT2D eigenvalue weighted by atomic mass is 19.1. The van der Waals surface area contributed by atoms with Crippen molar-refractivity contribution in [2.75, 3.05) is 31.7 Å². The lowest BCUT2D eigenvalue weighted by atomic mass is 9.96. The van der Waals surface area contributed by atoms with Gasteiger partial charge in [-0.1, -0.05) is 12.8 Å². The van der Waals surface area contributed by atoms with Crippen LogP contribution in [0.25, 0.3) is 0 Å². The topological polar surface area (TPSA) is 78.6 Å². The second-order valence-electron chi connectivity index (χ2n) is 5.90. The van der Waals surface area contributed by atoms with Gasteiger partial charge in [-0.2, -0.15) is 0 Å². The van der Waals surface area contributed by atoms with Gasteiger partial charge in [0.1, 0.15) is 5.82 Å². The molecule has 4 N–H and O–H groups in total. The Labute approximate surface area is 123 Å². The quantitative estimate of drug-likeness (QED) is 0.727. The normalized spacial score (nSPS) is 17.1. The average molecular weight is 295 g/mol. The van der Waals surface area contributed by atoms with Gasteiger partial charge < -0.3 is 21.1 Å². The highest BCUT2D eigenvalue weighted by Gasteiger charge is 2.35. The van der Waals surface area contributed by atoms with Crippen LogP contribution >= 0.6 is 0 Å². The van der Waals surface area contributed by atoms with Crippen molar-refractivity contribution in [3.63, 3.8) is 0 Å². The molecule has 5 nitrogen and oxygen atoms in total. The van der Waals surface area contributed by atoms with Gasteiger partial charge in [0.2, 0.25) is 0 Å². The predicted octanol–water partition coefficient (Wildman–Crippen LogP) is 2.39. The maximum absolute atomic E-state index is 13.7. The van der Waals surface area contributed by atoms with Crippen LogP contribution in [0.1, 0.15) is 36.0 Å². The molecule has 21 heavy (non-hydrogen) atoms. The lowest BCUT2D eigenvalue weighted by Gasteiger charge is -2.37. The number of nitrogen functional groups attached to an aromatic ring is 1. The lowest BCUT2D eigenvalue weighted by Crippen LogP contribution is -2.47. The minimum Gasteiger partial charge on any atom is -0.478 e. The monoisotopic (exact) mass is 295 g/mol. The minimum absolute atomic E-state index is 0.0500. The van der Waals surface area contributed by atoms with Crippen LogP contribution in [-0.2, 0) is 0 Å². The van der Waals surface area contributed by atoms with Gasteiger partial charge in [0.25, 0.3) is 0 Å². The molecule has 1 aliphatic carbocycles. The Balaban J connectivity index is 2.17. The fourth-order valence-electron chi connectivity index (χ4n) is 2.98. The van der Waals surface area contributed by atoms with Crippen LogP contribution in [0.3, 0.4) is 0 Å². The number of rotatable bonds is 5. The van der Waals surface area contributed by atoms with E-state index >= 15 is 0 Å². The van der Waals surface area contributed by atoms with Crippen molar-refractivity contribution in [2.24, 2.45) is 0 Å². The molecule has 0 bridgehead atoms. The molecule has 0 spiro atoms. The van der Waals surface area contributed by atoms with Gasteiger partial charge in [-0.25, -0.2) is 9.18 Å². The summed E-state index contributed by atoms with van der Waals surface area (Å²) in [5, 5.41) is 12.1. The third-order valence-electron chi connectivity index (χ3n) is 4.46. The van der Waals surface area contributed by atoms with Crippen molar-refractivity contribution in [1.82, 2.24) is 4.90 Å². The van der Waals surface area contributed by atoms with Crippen molar-refractivity contribution < 1.29 is 14.3 Å². The molecule has 0 saturated heterocycles. The van der Waals surface area contributed by atoms with E-state index < -0.39 is 17.3 Å². The molecule has 1 aromatic rings. The Hall–Kier alpha value is -1.82. The third-order valence-corrected chi connectivity index (χ3v) is 4.46. The number of aromatic carboxylic acids is 1. The summed E-state index contributed by atoms with van der Waals surface area (Å²) < 4.78 is 13.7. The summed E-state index contributed by atoms with van der Waals surface area (Å²) in [6.45, 7) is 0.663. The molecule has 1 saturated carbocycles. The van der Waals surface area contributed by atoms with E-state index in [1.165, 1.54) is 12.8 Å². The molecular weight excluding hydrogens is 273 g/mol. The molecule has 6 heteroatoms. The molecule has 1 fully saturated rings. The Kier molecular flexibility index (Phi) is 4.37. The maximum Gasteiger partial charge on any atom is 0.338 e. The number of likely N-dealkylation sites (N-methyl/N-ethyl adjacent to an activating group) is 1. The Morgan fingerprint density at radius 3 is 2.57 bits per heavy atom. The molecule has 1 aromatic carbocycles. The molecule has 0 aromatic heterocycles. The first-order chi connectivity index (χ1) is 9.85. The number of carboxylic acids is 1. The lowest BCUT2D eigenvalue weighted by molar-refractivity contribution is 0.0692. The van der Waals surface area contributed by atoms with E-state index in [9.17, 15) is 9.18 Å². The molecule has 0 amide bonds. The summed E-state index contributed by atoms with van der Waals surface area (Å²) in [5.41, 5.74) is 6.17. The fraction of sp³-hybridized carbons (Fsp3) is 0.533. The van der Waals surface area contributed by atoms with Crippen LogP contribution in [-0.4, -0.2) is 42.2 Å². The second kappa shape index (κ2) is 5.89. The average Bonchev–Trinajstić information content (AvgIpc) is 2.89. The number of carboxylic acid groups (broad SMARTS) is 1. The van der Waals surface area contributed by atoms with Crippen LogP contribution < -0.4 is 11.1 Å². The summed E-state index contributed by atoms with van der Waals surface area (Å²) >= 11 is 0. The number of halogens is 1. The van der Waals surface area contributed by atoms with Crippen molar-refractivity contribution in [3.05, 3.63) is 23.5 Å². The largest absolute Gasteiger partial charge is 0.478 e. The van der Waals surface area contributed by atoms with Crippen LogP contribution in [0.2, 0.25) is 0 Å².